The third-order valence-electron chi connectivity index (χ3n) is 5.33. The Morgan fingerprint density at radius 3 is 2.67 bits per heavy atom. The van der Waals surface area contributed by atoms with Gasteiger partial charge in [0.05, 0.1) is 30.6 Å². The highest BCUT2D eigenvalue weighted by atomic mass is 32.2. The maximum atomic E-state index is 14.3. The van der Waals surface area contributed by atoms with Crippen LogP contribution < -0.4 is 14.4 Å². The number of alkyl halides is 2. The van der Waals surface area contributed by atoms with Crippen LogP contribution in [0.3, 0.4) is 0 Å². The number of H-pyrrole nitrogens is 1. The summed E-state index contributed by atoms with van der Waals surface area (Å²) in [5.41, 5.74) is 0.271. The lowest BCUT2D eigenvalue weighted by atomic mass is 10.1. The molecule has 36 heavy (non-hydrogen) atoms. The van der Waals surface area contributed by atoms with Gasteiger partial charge in [-0.05, 0) is 36.2 Å². The van der Waals surface area contributed by atoms with Crippen LogP contribution in [0.2, 0.25) is 0 Å². The number of carbonyl (C=O) groups excluding carboxylic acids is 1. The van der Waals surface area contributed by atoms with E-state index in [2.05, 4.69) is 15.2 Å². The number of pyridine rings is 1. The predicted octanol–water partition coefficient (Wildman–Crippen LogP) is 3.61. The number of benzene rings is 1. The standard InChI is InChI=1S/C23H24F3N5O4S/c1-14(2)12-35-17-10-15(9-16(24)11-17)19-4-3-18(21(28-19)31-8-6-23(25,26)13-31)22(32)30-36(33,34)20-5-7-27-29-20/h3-5,7,9-11,14H,6,8,12-13H2,1-2H3,(H,27,29)(H,30,32). The summed E-state index contributed by atoms with van der Waals surface area (Å²) in [5, 5.41) is 5.45. The van der Waals surface area contributed by atoms with Crippen molar-refractivity contribution in [2.24, 2.45) is 5.92 Å². The van der Waals surface area contributed by atoms with Crippen molar-refractivity contribution in [3.05, 3.63) is 54.0 Å². The molecule has 0 radical (unpaired) electrons. The molecule has 1 saturated heterocycles. The van der Waals surface area contributed by atoms with E-state index in [4.69, 9.17) is 4.74 Å². The van der Waals surface area contributed by atoms with E-state index in [0.717, 1.165) is 6.07 Å². The van der Waals surface area contributed by atoms with Gasteiger partial charge in [-0.2, -0.15) is 13.5 Å². The fraction of sp³-hybridized carbons (Fsp3) is 0.348. The van der Waals surface area contributed by atoms with Crippen LogP contribution in [0, 0.1) is 11.7 Å². The zero-order valence-corrected chi connectivity index (χ0v) is 20.3. The topological polar surface area (TPSA) is 117 Å². The number of hydrogen-bond donors (Lipinski definition) is 2. The number of carbonyl (C=O) groups is 1. The molecular formula is C23H24F3N5O4S. The second kappa shape index (κ2) is 9.80. The van der Waals surface area contributed by atoms with Gasteiger partial charge in [-0.1, -0.05) is 13.8 Å². The van der Waals surface area contributed by atoms with Gasteiger partial charge in [0, 0.05) is 24.6 Å². The molecule has 1 amide bonds. The molecule has 0 aliphatic carbocycles. The first-order valence-corrected chi connectivity index (χ1v) is 12.6. The Kier molecular flexibility index (Phi) is 6.94. The molecule has 13 heteroatoms. The van der Waals surface area contributed by atoms with Crippen LogP contribution in [0.5, 0.6) is 5.75 Å². The lowest BCUT2D eigenvalue weighted by Crippen LogP contribution is -2.34. The molecule has 2 aromatic heterocycles. The SMILES string of the molecule is CC(C)COc1cc(F)cc(-c2ccc(C(=O)NS(=O)(=O)c3ccn[nH]3)c(N3CCC(F)(F)C3)n2)c1. The molecule has 4 rings (SSSR count). The zero-order valence-electron chi connectivity index (χ0n) is 19.5. The first-order chi connectivity index (χ1) is 16.9. The van der Waals surface area contributed by atoms with Crippen molar-refractivity contribution in [2.45, 2.75) is 31.2 Å². The summed E-state index contributed by atoms with van der Waals surface area (Å²) in [6, 6.07) is 7.79. The Morgan fingerprint density at radius 2 is 2.03 bits per heavy atom. The van der Waals surface area contributed by atoms with Gasteiger partial charge in [0.15, 0.2) is 5.03 Å². The lowest BCUT2D eigenvalue weighted by Gasteiger charge is -2.21. The highest BCUT2D eigenvalue weighted by molar-refractivity contribution is 7.90. The molecule has 2 N–H and O–H groups in total. The lowest BCUT2D eigenvalue weighted by molar-refractivity contribution is 0.0256. The minimum absolute atomic E-state index is 0.108. The molecule has 0 saturated carbocycles. The molecule has 1 aromatic carbocycles. The fourth-order valence-corrected chi connectivity index (χ4v) is 4.50. The van der Waals surface area contributed by atoms with Gasteiger partial charge < -0.3 is 9.64 Å². The Balaban J connectivity index is 1.72. The van der Waals surface area contributed by atoms with E-state index in [1.54, 1.807) is 6.07 Å². The number of aromatic nitrogens is 3. The van der Waals surface area contributed by atoms with Crippen molar-refractivity contribution >= 4 is 21.7 Å². The molecule has 9 nitrogen and oxygen atoms in total. The molecule has 1 aliphatic heterocycles. The Bertz CT molecular complexity index is 1360. The number of rotatable bonds is 8. The summed E-state index contributed by atoms with van der Waals surface area (Å²) in [6.45, 7) is 3.42. The quantitative estimate of drug-likeness (QED) is 0.463. The van der Waals surface area contributed by atoms with Crippen molar-refractivity contribution in [3.8, 4) is 17.0 Å². The van der Waals surface area contributed by atoms with Gasteiger partial charge in [-0.3, -0.25) is 9.89 Å². The van der Waals surface area contributed by atoms with Crippen molar-refractivity contribution in [1.82, 2.24) is 19.9 Å². The second-order valence-corrected chi connectivity index (χ2v) is 10.5. The normalized spacial score (nSPS) is 15.3. The van der Waals surface area contributed by atoms with E-state index in [1.807, 2.05) is 18.6 Å². The van der Waals surface area contributed by atoms with Crippen LogP contribution in [0.25, 0.3) is 11.3 Å². The number of anilines is 1. The van der Waals surface area contributed by atoms with Crippen LogP contribution in [0.15, 0.2) is 47.6 Å². The largest absolute Gasteiger partial charge is 0.493 e. The monoisotopic (exact) mass is 523 g/mol. The minimum atomic E-state index is -4.29. The number of amides is 1. The summed E-state index contributed by atoms with van der Waals surface area (Å²) in [7, 11) is -4.29. The summed E-state index contributed by atoms with van der Waals surface area (Å²) in [4.78, 5) is 18.5. The van der Waals surface area contributed by atoms with Gasteiger partial charge >= 0.3 is 0 Å². The molecule has 3 heterocycles. The maximum absolute atomic E-state index is 14.3. The first-order valence-electron chi connectivity index (χ1n) is 11.1. The Labute approximate surface area is 205 Å². The molecule has 0 atom stereocenters. The fourth-order valence-electron chi connectivity index (χ4n) is 3.63. The van der Waals surface area contributed by atoms with Crippen molar-refractivity contribution < 1.29 is 31.1 Å². The highest BCUT2D eigenvalue weighted by Crippen LogP contribution is 2.34. The van der Waals surface area contributed by atoms with Gasteiger partial charge in [-0.15, -0.1) is 0 Å². The Morgan fingerprint density at radius 1 is 1.25 bits per heavy atom. The van der Waals surface area contributed by atoms with Crippen LogP contribution in [0.4, 0.5) is 19.0 Å². The average Bonchev–Trinajstić information content (AvgIpc) is 3.47. The predicted molar refractivity (Wildman–Crippen MR) is 125 cm³/mol. The number of halogens is 3. The molecular weight excluding hydrogens is 499 g/mol. The average molecular weight is 524 g/mol. The maximum Gasteiger partial charge on any atom is 0.281 e. The summed E-state index contributed by atoms with van der Waals surface area (Å²) >= 11 is 0. The van der Waals surface area contributed by atoms with Crippen LogP contribution >= 0.6 is 0 Å². The molecule has 1 fully saturated rings. The van der Waals surface area contributed by atoms with Crippen LogP contribution in [-0.2, 0) is 10.0 Å². The van der Waals surface area contributed by atoms with Crippen molar-refractivity contribution in [1.29, 1.82) is 0 Å². The van der Waals surface area contributed by atoms with Gasteiger partial charge in [-0.25, -0.2) is 22.9 Å². The second-order valence-electron chi connectivity index (χ2n) is 8.83. The summed E-state index contributed by atoms with van der Waals surface area (Å²) in [5.74, 6) is -4.33. The highest BCUT2D eigenvalue weighted by Gasteiger charge is 2.40. The smallest absolute Gasteiger partial charge is 0.281 e. The number of hydrogen-bond acceptors (Lipinski definition) is 7. The van der Waals surface area contributed by atoms with Crippen LogP contribution in [-0.4, -0.2) is 55.1 Å². The van der Waals surface area contributed by atoms with E-state index in [-0.39, 0.29) is 40.3 Å². The number of aromatic amines is 1. The van der Waals surface area contributed by atoms with E-state index in [9.17, 15) is 26.4 Å². The van der Waals surface area contributed by atoms with E-state index >= 15 is 0 Å². The van der Waals surface area contributed by atoms with Gasteiger partial charge in [0.1, 0.15) is 17.4 Å². The number of ether oxygens (including phenoxy) is 1. The Hall–Kier alpha value is -3.61. The summed E-state index contributed by atoms with van der Waals surface area (Å²) in [6.07, 6.45) is 0.741. The zero-order chi connectivity index (χ0) is 26.1. The number of nitrogens with zero attached hydrogens (tertiary/aromatic N) is 3. The van der Waals surface area contributed by atoms with E-state index in [1.165, 1.54) is 35.4 Å². The summed E-state index contributed by atoms with van der Waals surface area (Å²) < 4.78 is 74.8. The molecule has 0 bridgehead atoms. The first kappa shape index (κ1) is 25.5. The molecule has 192 valence electrons. The van der Waals surface area contributed by atoms with E-state index < -0.39 is 40.6 Å². The number of nitrogens with one attached hydrogen (secondary N) is 2. The minimum Gasteiger partial charge on any atom is -0.493 e. The van der Waals surface area contributed by atoms with E-state index in [0.29, 0.717) is 12.2 Å². The van der Waals surface area contributed by atoms with Crippen LogP contribution in [0.1, 0.15) is 30.6 Å². The van der Waals surface area contributed by atoms with Gasteiger partial charge in [0.25, 0.3) is 21.9 Å². The van der Waals surface area contributed by atoms with Crippen molar-refractivity contribution in [2.75, 3.05) is 24.6 Å². The third kappa shape index (κ3) is 5.78. The van der Waals surface area contributed by atoms with Crippen molar-refractivity contribution in [3.63, 3.8) is 0 Å². The third-order valence-corrected chi connectivity index (χ3v) is 6.59. The molecule has 0 unspecified atom stereocenters. The number of sulfonamides is 1. The molecule has 1 aliphatic rings. The molecule has 0 spiro atoms. The molecule has 3 aromatic rings. The van der Waals surface area contributed by atoms with Gasteiger partial charge in [0.2, 0.25) is 0 Å².